The Morgan fingerprint density at radius 3 is 1.66 bits per heavy atom. The van der Waals surface area contributed by atoms with E-state index in [-0.39, 0.29) is 0 Å². The summed E-state index contributed by atoms with van der Waals surface area (Å²) in [5.74, 6) is 1.81. The van der Waals surface area contributed by atoms with Gasteiger partial charge in [-0.1, -0.05) is 133 Å². The van der Waals surface area contributed by atoms with Gasteiger partial charge in [0.15, 0.2) is 17.5 Å². The van der Waals surface area contributed by atoms with Gasteiger partial charge in [-0.2, -0.15) is 0 Å². The van der Waals surface area contributed by atoms with Crippen LogP contribution in [0.1, 0.15) is 0 Å². The van der Waals surface area contributed by atoms with Gasteiger partial charge in [-0.05, 0) is 82.4 Å². The lowest BCUT2D eigenvalue weighted by Crippen LogP contribution is -2.02. The van der Waals surface area contributed by atoms with Gasteiger partial charge in [0.25, 0.3) is 0 Å². The second-order valence-electron chi connectivity index (χ2n) is 14.0. The van der Waals surface area contributed by atoms with E-state index >= 15 is 0 Å². The number of rotatable bonds is 6. The van der Waals surface area contributed by atoms with Crippen LogP contribution in [0.15, 0.2) is 192 Å². The highest BCUT2D eigenvalue weighted by molar-refractivity contribution is 7.25. The fraction of sp³-hybridized carbons (Fsp3) is 0. The van der Waals surface area contributed by atoms with E-state index in [9.17, 15) is 0 Å². The molecule has 56 heavy (non-hydrogen) atoms. The number of nitrogens with zero attached hydrogens (tertiary/aromatic N) is 3. The zero-order valence-electron chi connectivity index (χ0n) is 30.1. The van der Waals surface area contributed by atoms with E-state index in [4.69, 9.17) is 19.4 Å². The number of aromatic nitrogens is 3. The molecule has 0 aliphatic heterocycles. The normalized spacial score (nSPS) is 11.6. The summed E-state index contributed by atoms with van der Waals surface area (Å²) >= 11 is 1.83. The Morgan fingerprint density at radius 1 is 0.321 bits per heavy atom. The predicted molar refractivity (Wildman–Crippen MR) is 233 cm³/mol. The van der Waals surface area contributed by atoms with Crippen LogP contribution in [0.2, 0.25) is 0 Å². The largest absolute Gasteiger partial charge is 0.456 e. The molecule has 0 saturated heterocycles. The van der Waals surface area contributed by atoms with Crippen LogP contribution in [-0.2, 0) is 0 Å². The molecule has 0 amide bonds. The molecule has 0 bridgehead atoms. The van der Waals surface area contributed by atoms with E-state index in [0.717, 1.165) is 72.0 Å². The number of para-hydroxylation sites is 1. The molecule has 4 nitrogen and oxygen atoms in total. The lowest BCUT2D eigenvalue weighted by molar-refractivity contribution is 0.669. The third-order valence-electron chi connectivity index (χ3n) is 10.5. The average molecular weight is 734 g/mol. The number of thiophene rings is 1. The van der Waals surface area contributed by atoms with E-state index < -0.39 is 0 Å². The first-order valence-corrected chi connectivity index (χ1v) is 19.5. The highest BCUT2D eigenvalue weighted by Gasteiger charge is 2.22. The molecule has 8 aromatic carbocycles. The summed E-state index contributed by atoms with van der Waals surface area (Å²) in [6.07, 6.45) is 0. The number of hydrogen-bond acceptors (Lipinski definition) is 5. The maximum atomic E-state index is 6.20. The van der Waals surface area contributed by atoms with Crippen LogP contribution in [0.4, 0.5) is 0 Å². The van der Waals surface area contributed by atoms with Gasteiger partial charge in [0.1, 0.15) is 11.2 Å². The first-order chi connectivity index (χ1) is 27.7. The Balaban J connectivity index is 1.22. The number of fused-ring (bicyclic) bond motifs is 6. The van der Waals surface area contributed by atoms with Gasteiger partial charge in [-0.25, -0.2) is 15.0 Å². The lowest BCUT2D eigenvalue weighted by atomic mass is 9.86. The quantitative estimate of drug-likeness (QED) is 0.171. The van der Waals surface area contributed by atoms with Crippen LogP contribution in [0.5, 0.6) is 0 Å². The van der Waals surface area contributed by atoms with Crippen LogP contribution in [0.25, 0.3) is 110 Å². The Labute approximate surface area is 327 Å². The van der Waals surface area contributed by atoms with E-state index in [1.54, 1.807) is 0 Å². The zero-order valence-corrected chi connectivity index (χ0v) is 30.9. The summed E-state index contributed by atoms with van der Waals surface area (Å²) < 4.78 is 8.75. The molecule has 3 aromatic heterocycles. The average Bonchev–Trinajstić information content (AvgIpc) is 3.84. The van der Waals surface area contributed by atoms with Crippen molar-refractivity contribution in [1.82, 2.24) is 15.0 Å². The first kappa shape index (κ1) is 32.2. The van der Waals surface area contributed by atoms with Crippen molar-refractivity contribution in [2.45, 2.75) is 0 Å². The molecule has 5 heteroatoms. The first-order valence-electron chi connectivity index (χ1n) is 18.7. The molecule has 11 rings (SSSR count). The van der Waals surface area contributed by atoms with Gasteiger partial charge in [-0.3, -0.25) is 0 Å². The molecular formula is C51H31N3OS. The standard InChI is InChI=1S/C51H31N3OS/c1-4-14-32(15-5-1)37-30-40(35-25-27-47-42(28-35)39-21-11-13-23-46(39)56-47)48(33-16-6-2-7-17-33)43(31-37)51-53-49(34-18-8-3-9-19-34)52-50(54-51)36-24-26-45-41(29-36)38-20-10-12-22-44(38)55-45/h1-31H. The SMILES string of the molecule is c1ccc(-c2cc(-c3ccc4sc5ccccc5c4c3)c(-c3ccccc3)c(-c3nc(-c4ccccc4)nc(-c4ccc5oc6ccccc6c5c4)n3)c2)cc1. The molecule has 0 fully saturated rings. The third kappa shape index (κ3) is 5.56. The van der Waals surface area contributed by atoms with Crippen LogP contribution >= 0.6 is 11.3 Å². The molecule has 0 spiro atoms. The summed E-state index contributed by atoms with van der Waals surface area (Å²) in [5.41, 5.74) is 11.0. The molecule has 0 saturated carbocycles. The maximum absolute atomic E-state index is 6.20. The Morgan fingerprint density at radius 2 is 0.875 bits per heavy atom. The molecule has 0 unspecified atom stereocenters. The molecule has 0 atom stereocenters. The van der Waals surface area contributed by atoms with Crippen molar-refractivity contribution in [1.29, 1.82) is 0 Å². The number of furan rings is 1. The van der Waals surface area contributed by atoms with Crippen LogP contribution in [0.3, 0.4) is 0 Å². The van der Waals surface area contributed by atoms with Gasteiger partial charge in [0.05, 0.1) is 0 Å². The van der Waals surface area contributed by atoms with Crippen molar-refractivity contribution < 1.29 is 4.42 Å². The zero-order chi connectivity index (χ0) is 37.0. The molecule has 11 aromatic rings. The van der Waals surface area contributed by atoms with Gasteiger partial charge >= 0.3 is 0 Å². The second kappa shape index (κ2) is 13.3. The summed E-state index contributed by atoms with van der Waals surface area (Å²) in [6.45, 7) is 0. The van der Waals surface area contributed by atoms with Crippen molar-refractivity contribution in [3.8, 4) is 67.5 Å². The topological polar surface area (TPSA) is 51.8 Å². The minimum Gasteiger partial charge on any atom is -0.456 e. The highest BCUT2D eigenvalue weighted by atomic mass is 32.1. The van der Waals surface area contributed by atoms with Gasteiger partial charge in [-0.15, -0.1) is 11.3 Å². The van der Waals surface area contributed by atoms with E-state index in [1.807, 2.05) is 59.9 Å². The molecule has 0 N–H and O–H groups in total. The summed E-state index contributed by atoms with van der Waals surface area (Å²) in [6, 6.07) is 65.8. The van der Waals surface area contributed by atoms with Crippen molar-refractivity contribution in [3.05, 3.63) is 188 Å². The van der Waals surface area contributed by atoms with Crippen molar-refractivity contribution >= 4 is 53.4 Å². The fourth-order valence-corrected chi connectivity index (χ4v) is 8.95. The summed E-state index contributed by atoms with van der Waals surface area (Å²) in [7, 11) is 0. The van der Waals surface area contributed by atoms with Crippen molar-refractivity contribution in [2.24, 2.45) is 0 Å². The molecule has 0 radical (unpaired) electrons. The van der Waals surface area contributed by atoms with Crippen LogP contribution in [-0.4, -0.2) is 15.0 Å². The lowest BCUT2D eigenvalue weighted by Gasteiger charge is -2.19. The van der Waals surface area contributed by atoms with Gasteiger partial charge in [0, 0.05) is 53.2 Å². The minimum absolute atomic E-state index is 0.595. The molecule has 0 aliphatic carbocycles. The second-order valence-corrected chi connectivity index (χ2v) is 15.1. The minimum atomic E-state index is 0.595. The number of benzene rings is 8. The highest BCUT2D eigenvalue weighted by Crippen LogP contribution is 2.45. The van der Waals surface area contributed by atoms with Crippen molar-refractivity contribution in [2.75, 3.05) is 0 Å². The molecular weight excluding hydrogens is 703 g/mol. The number of hydrogen-bond donors (Lipinski definition) is 0. The Hall–Kier alpha value is -7.21. The molecule has 262 valence electrons. The van der Waals surface area contributed by atoms with E-state index in [2.05, 4.69) is 140 Å². The molecule has 0 aliphatic rings. The van der Waals surface area contributed by atoms with Gasteiger partial charge < -0.3 is 4.42 Å². The third-order valence-corrected chi connectivity index (χ3v) is 11.7. The Bertz CT molecular complexity index is 3240. The van der Waals surface area contributed by atoms with Crippen LogP contribution in [0, 0.1) is 0 Å². The predicted octanol–water partition coefficient (Wildman–Crippen LogP) is 14.1. The smallest absolute Gasteiger partial charge is 0.164 e. The summed E-state index contributed by atoms with van der Waals surface area (Å²) in [4.78, 5) is 15.8. The van der Waals surface area contributed by atoms with E-state index in [1.165, 1.54) is 20.2 Å². The monoisotopic (exact) mass is 733 g/mol. The van der Waals surface area contributed by atoms with Gasteiger partial charge in [0.2, 0.25) is 0 Å². The Kier molecular flexibility index (Phi) is 7.64. The van der Waals surface area contributed by atoms with Crippen molar-refractivity contribution in [3.63, 3.8) is 0 Å². The van der Waals surface area contributed by atoms with Crippen LogP contribution < -0.4 is 0 Å². The fourth-order valence-electron chi connectivity index (χ4n) is 7.86. The molecule has 3 heterocycles. The summed E-state index contributed by atoms with van der Waals surface area (Å²) in [5, 5.41) is 4.61. The maximum Gasteiger partial charge on any atom is 0.164 e. The van der Waals surface area contributed by atoms with E-state index in [0.29, 0.717) is 17.5 Å².